The number of aromatic nitrogens is 2. The van der Waals surface area contributed by atoms with E-state index >= 15 is 0 Å². The van der Waals surface area contributed by atoms with E-state index in [2.05, 4.69) is 15.3 Å². The van der Waals surface area contributed by atoms with E-state index in [9.17, 15) is 4.79 Å². The molecule has 1 heterocycles. The van der Waals surface area contributed by atoms with Crippen LogP contribution in [0.25, 0.3) is 11.4 Å². The first-order valence-electron chi connectivity index (χ1n) is 9.43. The highest BCUT2D eigenvalue weighted by atomic mass is 35.5. The Balaban J connectivity index is 1.52. The lowest BCUT2D eigenvalue weighted by atomic mass is 10.1. The number of hydrogen-bond donors (Lipinski definition) is 1. The molecule has 1 amide bonds. The Labute approximate surface area is 184 Å². The number of carbonyl (C=O) groups excluding carboxylic acids is 1. The molecule has 0 aliphatic rings. The van der Waals surface area contributed by atoms with Crippen molar-refractivity contribution in [2.75, 3.05) is 12.4 Å². The number of halogens is 1. The molecule has 0 saturated carbocycles. The predicted octanol–water partition coefficient (Wildman–Crippen LogP) is 5.85. The molecule has 0 spiro atoms. The number of ether oxygens (including phenoxy) is 2. The minimum Gasteiger partial charge on any atom is -0.497 e. The fraction of sp³-hybridized carbons (Fsp3) is 0.0417. The molecule has 0 fully saturated rings. The Morgan fingerprint density at radius 1 is 0.935 bits per heavy atom. The summed E-state index contributed by atoms with van der Waals surface area (Å²) in [4.78, 5) is 21.4. The highest BCUT2D eigenvalue weighted by Crippen LogP contribution is 2.25. The second-order valence-electron chi connectivity index (χ2n) is 6.54. The van der Waals surface area contributed by atoms with Crippen LogP contribution in [0.2, 0.25) is 5.02 Å². The summed E-state index contributed by atoms with van der Waals surface area (Å²) < 4.78 is 11.0. The SMILES string of the molecule is COc1ccc(Oc2ccnc(-c3cccc(C(=O)Nc4ccc(Cl)cc4)c3)n2)cc1. The van der Waals surface area contributed by atoms with Crippen LogP contribution < -0.4 is 14.8 Å². The van der Waals surface area contributed by atoms with Crippen molar-refractivity contribution < 1.29 is 14.3 Å². The topological polar surface area (TPSA) is 73.3 Å². The van der Waals surface area contributed by atoms with Gasteiger partial charge in [-0.15, -0.1) is 0 Å². The third kappa shape index (κ3) is 5.18. The van der Waals surface area contributed by atoms with Crippen LogP contribution in [-0.2, 0) is 0 Å². The summed E-state index contributed by atoms with van der Waals surface area (Å²) >= 11 is 5.89. The number of anilines is 1. The van der Waals surface area contributed by atoms with Gasteiger partial charge in [0, 0.05) is 34.1 Å². The lowest BCUT2D eigenvalue weighted by Crippen LogP contribution is -2.11. The molecule has 31 heavy (non-hydrogen) atoms. The zero-order chi connectivity index (χ0) is 21.6. The number of nitrogens with zero attached hydrogens (tertiary/aromatic N) is 2. The molecule has 0 unspecified atom stereocenters. The van der Waals surface area contributed by atoms with Crippen molar-refractivity contribution in [2.45, 2.75) is 0 Å². The molecule has 0 bridgehead atoms. The number of rotatable bonds is 6. The van der Waals surface area contributed by atoms with E-state index in [-0.39, 0.29) is 5.91 Å². The third-order valence-corrected chi connectivity index (χ3v) is 4.65. The van der Waals surface area contributed by atoms with Gasteiger partial charge in [-0.3, -0.25) is 4.79 Å². The maximum Gasteiger partial charge on any atom is 0.255 e. The average molecular weight is 432 g/mol. The van der Waals surface area contributed by atoms with Gasteiger partial charge in [-0.05, 0) is 60.7 Å². The highest BCUT2D eigenvalue weighted by molar-refractivity contribution is 6.30. The number of carbonyl (C=O) groups is 1. The van der Waals surface area contributed by atoms with Crippen LogP contribution in [0.3, 0.4) is 0 Å². The van der Waals surface area contributed by atoms with Gasteiger partial charge in [0.25, 0.3) is 5.91 Å². The van der Waals surface area contributed by atoms with Gasteiger partial charge < -0.3 is 14.8 Å². The lowest BCUT2D eigenvalue weighted by Gasteiger charge is -2.09. The van der Waals surface area contributed by atoms with E-state index in [0.29, 0.717) is 39.3 Å². The molecule has 0 aliphatic carbocycles. The zero-order valence-corrected chi connectivity index (χ0v) is 17.3. The van der Waals surface area contributed by atoms with Crippen LogP contribution in [0.5, 0.6) is 17.4 Å². The highest BCUT2D eigenvalue weighted by Gasteiger charge is 2.10. The summed E-state index contributed by atoms with van der Waals surface area (Å²) in [5.41, 5.74) is 1.84. The fourth-order valence-corrected chi connectivity index (χ4v) is 2.96. The van der Waals surface area contributed by atoms with Gasteiger partial charge in [0.2, 0.25) is 5.88 Å². The summed E-state index contributed by atoms with van der Waals surface area (Å²) in [6.07, 6.45) is 1.61. The summed E-state index contributed by atoms with van der Waals surface area (Å²) in [5, 5.41) is 3.45. The Morgan fingerprint density at radius 3 is 2.42 bits per heavy atom. The number of nitrogens with one attached hydrogen (secondary N) is 1. The molecule has 0 saturated heterocycles. The average Bonchev–Trinajstić information content (AvgIpc) is 2.81. The van der Waals surface area contributed by atoms with E-state index < -0.39 is 0 Å². The van der Waals surface area contributed by atoms with Crippen LogP contribution in [0.15, 0.2) is 85.1 Å². The molecule has 154 valence electrons. The molecule has 1 aromatic heterocycles. The van der Waals surface area contributed by atoms with Crippen molar-refractivity contribution in [1.82, 2.24) is 9.97 Å². The first kappa shape index (κ1) is 20.4. The molecule has 0 radical (unpaired) electrons. The maximum absolute atomic E-state index is 12.6. The summed E-state index contributed by atoms with van der Waals surface area (Å²) in [6, 6.07) is 22.9. The first-order chi connectivity index (χ1) is 15.1. The van der Waals surface area contributed by atoms with Crippen LogP contribution in [0.4, 0.5) is 5.69 Å². The van der Waals surface area contributed by atoms with Gasteiger partial charge in [-0.2, -0.15) is 4.98 Å². The maximum atomic E-state index is 12.6. The molecule has 7 heteroatoms. The standard InChI is InChI=1S/C24H18ClN3O3/c1-30-20-9-11-21(12-10-20)31-22-13-14-26-23(28-22)16-3-2-4-17(15-16)24(29)27-19-7-5-18(25)6-8-19/h2-15H,1H3,(H,27,29). The molecule has 4 rings (SSSR count). The summed E-state index contributed by atoms with van der Waals surface area (Å²) in [6.45, 7) is 0. The fourth-order valence-electron chi connectivity index (χ4n) is 2.84. The minimum atomic E-state index is -0.241. The van der Waals surface area contributed by atoms with Crippen molar-refractivity contribution >= 4 is 23.2 Å². The molecule has 0 atom stereocenters. The van der Waals surface area contributed by atoms with Crippen molar-refractivity contribution in [3.05, 3.63) is 95.6 Å². The monoisotopic (exact) mass is 431 g/mol. The van der Waals surface area contributed by atoms with E-state index in [4.69, 9.17) is 21.1 Å². The Hall–Kier alpha value is -3.90. The third-order valence-electron chi connectivity index (χ3n) is 4.40. The second-order valence-corrected chi connectivity index (χ2v) is 6.97. The van der Waals surface area contributed by atoms with E-state index in [1.165, 1.54) is 0 Å². The molecule has 0 aliphatic heterocycles. The summed E-state index contributed by atoms with van der Waals surface area (Å²) in [5.74, 6) is 1.97. The van der Waals surface area contributed by atoms with Gasteiger partial charge in [0.15, 0.2) is 5.82 Å². The van der Waals surface area contributed by atoms with Gasteiger partial charge in [-0.25, -0.2) is 4.98 Å². The predicted molar refractivity (Wildman–Crippen MR) is 120 cm³/mol. The quantitative estimate of drug-likeness (QED) is 0.414. The van der Waals surface area contributed by atoms with Crippen LogP contribution in [0.1, 0.15) is 10.4 Å². The van der Waals surface area contributed by atoms with Crippen molar-refractivity contribution in [2.24, 2.45) is 0 Å². The molecule has 6 nitrogen and oxygen atoms in total. The first-order valence-corrected chi connectivity index (χ1v) is 9.81. The molecular weight excluding hydrogens is 414 g/mol. The minimum absolute atomic E-state index is 0.241. The van der Waals surface area contributed by atoms with Crippen LogP contribution >= 0.6 is 11.6 Å². The molecule has 1 N–H and O–H groups in total. The van der Waals surface area contributed by atoms with Crippen molar-refractivity contribution in [3.63, 3.8) is 0 Å². The van der Waals surface area contributed by atoms with Crippen molar-refractivity contribution in [1.29, 1.82) is 0 Å². The van der Waals surface area contributed by atoms with Gasteiger partial charge in [0.05, 0.1) is 7.11 Å². The number of hydrogen-bond acceptors (Lipinski definition) is 5. The number of methoxy groups -OCH3 is 1. The Morgan fingerprint density at radius 2 is 1.68 bits per heavy atom. The second kappa shape index (κ2) is 9.28. The smallest absolute Gasteiger partial charge is 0.255 e. The van der Waals surface area contributed by atoms with Crippen LogP contribution in [-0.4, -0.2) is 23.0 Å². The number of benzene rings is 3. The van der Waals surface area contributed by atoms with Crippen LogP contribution in [0, 0.1) is 0 Å². The zero-order valence-electron chi connectivity index (χ0n) is 16.6. The molecule has 4 aromatic rings. The van der Waals surface area contributed by atoms with E-state index in [0.717, 1.165) is 5.75 Å². The van der Waals surface area contributed by atoms with Gasteiger partial charge in [0.1, 0.15) is 11.5 Å². The Kier molecular flexibility index (Phi) is 6.10. The lowest BCUT2D eigenvalue weighted by molar-refractivity contribution is 0.102. The van der Waals surface area contributed by atoms with E-state index in [1.54, 1.807) is 86.1 Å². The van der Waals surface area contributed by atoms with E-state index in [1.807, 2.05) is 6.07 Å². The van der Waals surface area contributed by atoms with Crippen molar-refractivity contribution in [3.8, 4) is 28.8 Å². The largest absolute Gasteiger partial charge is 0.497 e. The molecular formula is C24H18ClN3O3. The normalized spacial score (nSPS) is 10.4. The Bertz CT molecular complexity index is 1200. The molecule has 3 aromatic carbocycles. The van der Waals surface area contributed by atoms with Gasteiger partial charge >= 0.3 is 0 Å². The number of amides is 1. The summed E-state index contributed by atoms with van der Waals surface area (Å²) in [7, 11) is 1.61. The van der Waals surface area contributed by atoms with Gasteiger partial charge in [-0.1, -0.05) is 23.7 Å².